The highest BCUT2D eigenvalue weighted by atomic mass is 19.4. The lowest BCUT2D eigenvalue weighted by Gasteiger charge is -2.33. The van der Waals surface area contributed by atoms with E-state index in [1.807, 2.05) is 24.6 Å². The van der Waals surface area contributed by atoms with Crippen LogP contribution in [0, 0.1) is 0 Å². The molecule has 184 valence electrons. The molecule has 0 spiro atoms. The second-order valence-electron chi connectivity index (χ2n) is 9.22. The highest BCUT2D eigenvalue weighted by molar-refractivity contribution is 6.10. The quantitative estimate of drug-likeness (QED) is 0.552. The number of hydrogen-bond donors (Lipinski definition) is 2. The molecule has 1 aliphatic heterocycles. The maximum Gasteiger partial charge on any atom is 0.416 e. The first-order chi connectivity index (χ1) is 16.6. The number of amides is 1. The van der Waals surface area contributed by atoms with Gasteiger partial charge in [0.15, 0.2) is 0 Å². The van der Waals surface area contributed by atoms with Gasteiger partial charge in [-0.1, -0.05) is 13.0 Å². The average Bonchev–Trinajstić information content (AvgIpc) is 3.38. The van der Waals surface area contributed by atoms with Crippen molar-refractivity contribution in [1.82, 2.24) is 19.7 Å². The van der Waals surface area contributed by atoms with Gasteiger partial charge in [0.05, 0.1) is 24.3 Å². The number of fused-ring (bicyclic) bond motifs is 1. The van der Waals surface area contributed by atoms with Gasteiger partial charge >= 0.3 is 6.18 Å². The number of aromatic nitrogens is 4. The summed E-state index contributed by atoms with van der Waals surface area (Å²) in [6.07, 6.45) is -1.41. The standard InChI is InChI=1S/C24H25F3N6O2/c1-13(8-22-31-28-12-32(22)2)14-9-20(29-18-6-7-19(18)34)30-21(10-14)33-11-16-15(23(33)35)4-3-5-17(16)24(25,26)27/h3-5,9-10,12-13,18-19,34H,6-8,11H2,1-2H3,(H,29,30). The number of carbonyl (C=O) groups is 1. The topological polar surface area (TPSA) is 96.2 Å². The number of hydrogen-bond acceptors (Lipinski definition) is 6. The number of anilines is 2. The van der Waals surface area contributed by atoms with E-state index in [0.717, 1.165) is 23.9 Å². The van der Waals surface area contributed by atoms with Crippen molar-refractivity contribution in [1.29, 1.82) is 0 Å². The summed E-state index contributed by atoms with van der Waals surface area (Å²) in [7, 11) is 1.85. The number of pyridine rings is 1. The number of nitrogens with zero attached hydrogens (tertiary/aromatic N) is 5. The van der Waals surface area contributed by atoms with Crippen LogP contribution in [-0.2, 0) is 26.2 Å². The average molecular weight is 486 g/mol. The molecule has 2 N–H and O–H groups in total. The van der Waals surface area contributed by atoms with Crippen molar-refractivity contribution in [3.05, 3.63) is 64.7 Å². The zero-order valence-electron chi connectivity index (χ0n) is 19.3. The van der Waals surface area contributed by atoms with Crippen molar-refractivity contribution in [3.8, 4) is 0 Å². The van der Waals surface area contributed by atoms with Gasteiger partial charge in [-0.2, -0.15) is 13.2 Å². The van der Waals surface area contributed by atoms with E-state index in [9.17, 15) is 23.1 Å². The van der Waals surface area contributed by atoms with Crippen LogP contribution in [-0.4, -0.2) is 42.9 Å². The summed E-state index contributed by atoms with van der Waals surface area (Å²) >= 11 is 0. The number of halogens is 3. The van der Waals surface area contributed by atoms with E-state index < -0.39 is 23.8 Å². The summed E-state index contributed by atoms with van der Waals surface area (Å²) in [5.74, 6) is 0.937. The molecular weight excluding hydrogens is 461 g/mol. The molecule has 3 heterocycles. The third-order valence-corrected chi connectivity index (χ3v) is 6.82. The van der Waals surface area contributed by atoms with Gasteiger partial charge in [0.25, 0.3) is 5.91 Å². The number of alkyl halides is 3. The van der Waals surface area contributed by atoms with Gasteiger partial charge < -0.3 is 15.0 Å². The summed E-state index contributed by atoms with van der Waals surface area (Å²) in [4.78, 5) is 19.0. The predicted molar refractivity (Wildman–Crippen MR) is 122 cm³/mol. The molecule has 8 nitrogen and oxygen atoms in total. The van der Waals surface area contributed by atoms with Gasteiger partial charge in [-0.15, -0.1) is 10.2 Å². The van der Waals surface area contributed by atoms with E-state index in [4.69, 9.17) is 0 Å². The fraction of sp³-hybridized carbons (Fsp3) is 0.417. The first-order valence-corrected chi connectivity index (χ1v) is 11.4. The normalized spacial score (nSPS) is 20.5. The number of aryl methyl sites for hydroxylation is 1. The van der Waals surface area contributed by atoms with Crippen molar-refractivity contribution in [2.75, 3.05) is 10.2 Å². The van der Waals surface area contributed by atoms with E-state index >= 15 is 0 Å². The SMILES string of the molecule is CC(Cc1nncn1C)c1cc(NC2CCC2O)nc(N2Cc3c(cccc3C(F)(F)F)C2=O)c1. The van der Waals surface area contributed by atoms with E-state index in [0.29, 0.717) is 18.7 Å². The van der Waals surface area contributed by atoms with Crippen LogP contribution in [0.5, 0.6) is 0 Å². The minimum absolute atomic E-state index is 0.0306. The molecule has 0 radical (unpaired) electrons. The molecule has 0 saturated heterocycles. The Balaban J connectivity index is 1.50. The molecule has 2 aromatic heterocycles. The monoisotopic (exact) mass is 486 g/mol. The number of carbonyl (C=O) groups excluding carboxylic acids is 1. The second kappa shape index (κ2) is 8.63. The molecule has 11 heteroatoms. The molecule has 1 fully saturated rings. The largest absolute Gasteiger partial charge is 0.416 e. The van der Waals surface area contributed by atoms with Crippen LogP contribution in [0.4, 0.5) is 24.8 Å². The molecule has 1 aliphatic carbocycles. The minimum Gasteiger partial charge on any atom is -0.391 e. The maximum absolute atomic E-state index is 13.6. The molecule has 1 saturated carbocycles. The third kappa shape index (κ3) is 4.36. The van der Waals surface area contributed by atoms with Crippen LogP contribution in [0.1, 0.15) is 58.6 Å². The van der Waals surface area contributed by atoms with Crippen molar-refractivity contribution >= 4 is 17.5 Å². The Morgan fingerprint density at radius 3 is 2.69 bits per heavy atom. The smallest absolute Gasteiger partial charge is 0.391 e. The predicted octanol–water partition coefficient (Wildman–Crippen LogP) is 3.67. The maximum atomic E-state index is 13.6. The molecule has 5 rings (SSSR count). The fourth-order valence-corrected chi connectivity index (χ4v) is 4.54. The van der Waals surface area contributed by atoms with Crippen LogP contribution in [0.3, 0.4) is 0 Å². The summed E-state index contributed by atoms with van der Waals surface area (Å²) in [5.41, 5.74) is 0.0130. The van der Waals surface area contributed by atoms with Crippen LogP contribution in [0.25, 0.3) is 0 Å². The van der Waals surface area contributed by atoms with E-state index in [-0.39, 0.29) is 35.4 Å². The van der Waals surface area contributed by atoms with Gasteiger partial charge in [0.2, 0.25) is 0 Å². The van der Waals surface area contributed by atoms with E-state index in [1.54, 1.807) is 12.4 Å². The van der Waals surface area contributed by atoms with Gasteiger partial charge in [-0.3, -0.25) is 9.69 Å². The van der Waals surface area contributed by atoms with Crippen LogP contribution in [0.2, 0.25) is 0 Å². The number of aliphatic hydroxyl groups excluding tert-OH is 1. The molecule has 3 atom stereocenters. The number of aliphatic hydroxyl groups is 1. The Labute approximate surface area is 199 Å². The van der Waals surface area contributed by atoms with Crippen molar-refractivity contribution in [3.63, 3.8) is 0 Å². The molecule has 35 heavy (non-hydrogen) atoms. The summed E-state index contributed by atoms with van der Waals surface area (Å²) in [5, 5.41) is 21.3. The highest BCUT2D eigenvalue weighted by Crippen LogP contribution is 2.39. The molecule has 1 aromatic carbocycles. The van der Waals surface area contributed by atoms with Gasteiger partial charge in [-0.05, 0) is 54.2 Å². The first-order valence-electron chi connectivity index (χ1n) is 11.4. The Morgan fingerprint density at radius 1 is 1.26 bits per heavy atom. The summed E-state index contributed by atoms with van der Waals surface area (Å²) < 4.78 is 42.6. The van der Waals surface area contributed by atoms with Crippen molar-refractivity contribution < 1.29 is 23.1 Å². The van der Waals surface area contributed by atoms with Crippen molar-refractivity contribution in [2.45, 2.75) is 57.0 Å². The Bertz CT molecular complexity index is 1270. The second-order valence-corrected chi connectivity index (χ2v) is 9.22. The lowest BCUT2D eigenvalue weighted by molar-refractivity contribution is -0.138. The Morgan fingerprint density at radius 2 is 2.06 bits per heavy atom. The summed E-state index contributed by atoms with van der Waals surface area (Å²) in [6, 6.07) is 7.08. The third-order valence-electron chi connectivity index (χ3n) is 6.82. The highest BCUT2D eigenvalue weighted by Gasteiger charge is 2.40. The molecule has 3 aromatic rings. The van der Waals surface area contributed by atoms with Crippen LogP contribution < -0.4 is 10.2 Å². The number of rotatable bonds is 6. The van der Waals surface area contributed by atoms with Crippen LogP contribution >= 0.6 is 0 Å². The van der Waals surface area contributed by atoms with Gasteiger partial charge in [-0.25, -0.2) is 4.98 Å². The number of benzene rings is 1. The fourth-order valence-electron chi connectivity index (χ4n) is 4.54. The summed E-state index contributed by atoms with van der Waals surface area (Å²) in [6.45, 7) is 1.78. The lowest BCUT2D eigenvalue weighted by atomic mass is 9.89. The molecule has 3 unspecified atom stereocenters. The van der Waals surface area contributed by atoms with Gasteiger partial charge in [0, 0.05) is 19.0 Å². The number of nitrogens with one attached hydrogen (secondary N) is 1. The van der Waals surface area contributed by atoms with E-state index in [1.165, 1.54) is 17.0 Å². The van der Waals surface area contributed by atoms with E-state index in [2.05, 4.69) is 20.5 Å². The molecule has 2 aliphatic rings. The molecule has 0 bridgehead atoms. The minimum atomic E-state index is -4.56. The van der Waals surface area contributed by atoms with Gasteiger partial charge in [0.1, 0.15) is 23.8 Å². The van der Waals surface area contributed by atoms with Crippen LogP contribution in [0.15, 0.2) is 36.7 Å². The zero-order valence-corrected chi connectivity index (χ0v) is 19.3. The lowest BCUT2D eigenvalue weighted by Crippen LogP contribution is -2.43. The Kier molecular flexibility index (Phi) is 5.74. The van der Waals surface area contributed by atoms with Crippen molar-refractivity contribution in [2.24, 2.45) is 7.05 Å². The Hall–Kier alpha value is -3.47. The first kappa shape index (κ1) is 23.3. The molecular formula is C24H25F3N6O2. The zero-order chi connectivity index (χ0) is 24.9. The molecule has 1 amide bonds.